The average Bonchev–Trinajstić information content (AvgIpc) is 3.08. The number of ether oxygens (including phenoxy) is 1. The fourth-order valence-corrected chi connectivity index (χ4v) is 4.19. The maximum Gasteiger partial charge on any atom is 0.311 e. The van der Waals surface area contributed by atoms with Crippen LogP contribution in [0.3, 0.4) is 0 Å². The number of hydrogen-bond donors (Lipinski definition) is 3. The van der Waals surface area contributed by atoms with Gasteiger partial charge in [-0.15, -0.1) is 0 Å². The number of H-pyrrole nitrogens is 1. The lowest BCUT2D eigenvalue weighted by atomic mass is 9.95. The molecular weight excluding hydrogens is 332 g/mol. The lowest BCUT2D eigenvalue weighted by Crippen LogP contribution is -2.27. The van der Waals surface area contributed by atoms with E-state index in [1.165, 1.54) is 4.57 Å². The van der Waals surface area contributed by atoms with E-state index in [2.05, 4.69) is 16.9 Å². The maximum atomic E-state index is 12.5. The molecule has 9 heteroatoms. The zero-order valence-electron chi connectivity index (χ0n) is 13.7. The number of fused-ring (bicyclic) bond motifs is 1. The summed E-state index contributed by atoms with van der Waals surface area (Å²) >= 11 is 0.840. The van der Waals surface area contributed by atoms with Gasteiger partial charge in [0.2, 0.25) is 5.95 Å². The number of nitrogen functional groups attached to an aromatic ring is 1. The topological polar surface area (TPSA) is 123 Å². The molecule has 8 nitrogen and oxygen atoms in total. The molecule has 1 saturated heterocycles. The number of aromatic amines is 1. The molecule has 24 heavy (non-hydrogen) atoms. The van der Waals surface area contributed by atoms with E-state index < -0.39 is 17.9 Å². The second-order valence-corrected chi connectivity index (χ2v) is 7.13. The standard InChI is InChI=1S/C15H22N4O4S/c1-3-5-7-6-9(8(20)4-2)23-13(7)19-11-10(24-15(19)22)12(21)18-14(16)17-11/h7-9,13,20H,3-6H2,1-2H3,(H3,16,17,18,21)/t7-,8-,9+,13-/m1/s1. The first-order valence-electron chi connectivity index (χ1n) is 8.20. The van der Waals surface area contributed by atoms with Crippen molar-refractivity contribution in [3.8, 4) is 0 Å². The summed E-state index contributed by atoms with van der Waals surface area (Å²) in [6.45, 7) is 3.96. The average molecular weight is 354 g/mol. The van der Waals surface area contributed by atoms with Gasteiger partial charge in [0.25, 0.3) is 5.56 Å². The summed E-state index contributed by atoms with van der Waals surface area (Å²) in [6.07, 6.45) is 1.63. The van der Waals surface area contributed by atoms with Crippen LogP contribution in [0.2, 0.25) is 0 Å². The van der Waals surface area contributed by atoms with Crippen molar-refractivity contribution in [1.82, 2.24) is 14.5 Å². The highest BCUT2D eigenvalue weighted by Gasteiger charge is 2.40. The van der Waals surface area contributed by atoms with Gasteiger partial charge in [0.05, 0.1) is 12.2 Å². The zero-order chi connectivity index (χ0) is 17.4. The van der Waals surface area contributed by atoms with Crippen LogP contribution in [-0.2, 0) is 4.74 Å². The number of aliphatic hydroxyl groups is 1. The van der Waals surface area contributed by atoms with Gasteiger partial charge in [-0.25, -0.2) is 0 Å². The summed E-state index contributed by atoms with van der Waals surface area (Å²) in [5.74, 6) is 0.0493. The Bertz CT molecular complexity index is 842. The van der Waals surface area contributed by atoms with Gasteiger partial charge in [-0.05, 0) is 19.3 Å². The van der Waals surface area contributed by atoms with Crippen LogP contribution < -0.4 is 16.2 Å². The second-order valence-electron chi connectivity index (χ2n) is 6.17. The Morgan fingerprint density at radius 3 is 2.92 bits per heavy atom. The van der Waals surface area contributed by atoms with Crippen molar-refractivity contribution in [2.75, 3.05) is 5.73 Å². The van der Waals surface area contributed by atoms with Gasteiger partial charge in [-0.2, -0.15) is 4.98 Å². The SMILES string of the molecule is CCC[C@@H]1C[C@@H]([C@H](O)CC)O[C@H]1n1c(=O)sc2c(=O)[nH]c(N)nc21. The number of thiazole rings is 1. The zero-order valence-corrected chi connectivity index (χ0v) is 14.5. The van der Waals surface area contributed by atoms with Gasteiger partial charge < -0.3 is 15.6 Å². The Balaban J connectivity index is 2.09. The summed E-state index contributed by atoms with van der Waals surface area (Å²) in [7, 11) is 0. The van der Waals surface area contributed by atoms with Crippen LogP contribution in [0.4, 0.5) is 5.95 Å². The van der Waals surface area contributed by atoms with E-state index in [-0.39, 0.29) is 33.2 Å². The number of aliphatic hydroxyl groups excluding tert-OH is 1. The molecule has 3 heterocycles. The molecule has 4 N–H and O–H groups in total. The van der Waals surface area contributed by atoms with E-state index in [4.69, 9.17) is 10.5 Å². The van der Waals surface area contributed by atoms with E-state index in [9.17, 15) is 14.7 Å². The normalized spacial score (nSPS) is 25.4. The molecule has 1 aliphatic heterocycles. The van der Waals surface area contributed by atoms with Gasteiger partial charge in [-0.1, -0.05) is 31.6 Å². The number of anilines is 1. The number of hydrogen-bond acceptors (Lipinski definition) is 7. The highest BCUT2D eigenvalue weighted by Crippen LogP contribution is 2.39. The van der Waals surface area contributed by atoms with Crippen molar-refractivity contribution < 1.29 is 9.84 Å². The Morgan fingerprint density at radius 1 is 1.50 bits per heavy atom. The van der Waals surface area contributed by atoms with Gasteiger partial charge >= 0.3 is 4.87 Å². The van der Waals surface area contributed by atoms with Crippen LogP contribution in [0.1, 0.15) is 45.8 Å². The molecule has 0 unspecified atom stereocenters. The predicted octanol–water partition coefficient (Wildman–Crippen LogP) is 1.20. The van der Waals surface area contributed by atoms with Crippen LogP contribution >= 0.6 is 11.3 Å². The van der Waals surface area contributed by atoms with Crippen LogP contribution in [0.25, 0.3) is 10.3 Å². The molecule has 0 amide bonds. The molecule has 1 aliphatic rings. The largest absolute Gasteiger partial charge is 0.390 e. The molecule has 0 radical (unpaired) electrons. The second kappa shape index (κ2) is 6.66. The molecule has 3 rings (SSSR count). The molecule has 0 aliphatic carbocycles. The fraction of sp³-hybridized carbons (Fsp3) is 0.667. The highest BCUT2D eigenvalue weighted by molar-refractivity contribution is 7.16. The highest BCUT2D eigenvalue weighted by atomic mass is 32.1. The molecule has 0 spiro atoms. The summed E-state index contributed by atoms with van der Waals surface area (Å²) in [4.78, 5) is 30.7. The first-order valence-corrected chi connectivity index (χ1v) is 9.02. The predicted molar refractivity (Wildman–Crippen MR) is 92.1 cm³/mol. The van der Waals surface area contributed by atoms with Gasteiger partial charge in [0.1, 0.15) is 10.9 Å². The molecule has 0 saturated carbocycles. The lowest BCUT2D eigenvalue weighted by Gasteiger charge is -2.20. The van der Waals surface area contributed by atoms with Crippen molar-refractivity contribution >= 4 is 27.6 Å². The number of nitrogens with one attached hydrogen (secondary N) is 1. The van der Waals surface area contributed by atoms with Gasteiger partial charge in [-0.3, -0.25) is 19.1 Å². The molecule has 2 aromatic heterocycles. The summed E-state index contributed by atoms with van der Waals surface area (Å²) in [5, 5.41) is 10.1. The van der Waals surface area contributed by atoms with Crippen molar-refractivity contribution in [3.63, 3.8) is 0 Å². The Kier molecular flexibility index (Phi) is 4.75. The quantitative estimate of drug-likeness (QED) is 0.741. The third-order valence-electron chi connectivity index (χ3n) is 4.51. The van der Waals surface area contributed by atoms with Crippen LogP contribution in [0, 0.1) is 5.92 Å². The summed E-state index contributed by atoms with van der Waals surface area (Å²) < 4.78 is 7.69. The van der Waals surface area contributed by atoms with Gasteiger partial charge in [0, 0.05) is 5.92 Å². The molecule has 1 fully saturated rings. The monoisotopic (exact) mass is 354 g/mol. The first kappa shape index (κ1) is 17.1. The van der Waals surface area contributed by atoms with E-state index in [1.54, 1.807) is 0 Å². The van der Waals surface area contributed by atoms with E-state index >= 15 is 0 Å². The molecule has 2 aromatic rings. The van der Waals surface area contributed by atoms with Crippen molar-refractivity contribution in [1.29, 1.82) is 0 Å². The Hall–Kier alpha value is -1.71. The molecular formula is C15H22N4O4S. The van der Waals surface area contributed by atoms with Crippen LogP contribution in [0.5, 0.6) is 0 Å². The Labute approximate surface area is 142 Å². The van der Waals surface area contributed by atoms with E-state index in [0.29, 0.717) is 12.8 Å². The first-order chi connectivity index (χ1) is 11.5. The third kappa shape index (κ3) is 2.87. The Morgan fingerprint density at radius 2 is 2.25 bits per heavy atom. The summed E-state index contributed by atoms with van der Waals surface area (Å²) in [6, 6.07) is 0. The smallest absolute Gasteiger partial charge is 0.311 e. The van der Waals surface area contributed by atoms with Gasteiger partial charge in [0.15, 0.2) is 5.65 Å². The van der Waals surface area contributed by atoms with E-state index in [0.717, 1.165) is 24.2 Å². The van der Waals surface area contributed by atoms with Crippen molar-refractivity contribution in [2.45, 2.75) is 58.0 Å². The minimum absolute atomic E-state index is 0.0331. The van der Waals surface area contributed by atoms with Crippen molar-refractivity contribution in [2.24, 2.45) is 5.92 Å². The van der Waals surface area contributed by atoms with Crippen molar-refractivity contribution in [3.05, 3.63) is 20.0 Å². The minimum Gasteiger partial charge on any atom is -0.390 e. The fourth-order valence-electron chi connectivity index (χ4n) is 3.34. The number of aromatic nitrogens is 3. The van der Waals surface area contributed by atoms with Crippen LogP contribution in [0.15, 0.2) is 9.59 Å². The number of nitrogens with two attached hydrogens (primary N) is 1. The summed E-state index contributed by atoms with van der Waals surface area (Å²) in [5.41, 5.74) is 5.46. The molecule has 4 atom stereocenters. The minimum atomic E-state index is -0.573. The maximum absolute atomic E-state index is 12.5. The molecule has 0 bridgehead atoms. The third-order valence-corrected chi connectivity index (χ3v) is 5.45. The number of nitrogens with zero attached hydrogens (tertiary/aromatic N) is 2. The van der Waals surface area contributed by atoms with E-state index in [1.807, 2.05) is 6.92 Å². The molecule has 0 aromatic carbocycles. The lowest BCUT2D eigenvalue weighted by molar-refractivity contribution is -0.0658. The molecule has 132 valence electrons. The number of rotatable bonds is 5. The van der Waals surface area contributed by atoms with Crippen LogP contribution in [-0.4, -0.2) is 31.8 Å².